The van der Waals surface area contributed by atoms with Crippen LogP contribution in [0.2, 0.25) is 0 Å². The van der Waals surface area contributed by atoms with Crippen molar-refractivity contribution in [2.24, 2.45) is 0 Å². The fourth-order valence-corrected chi connectivity index (χ4v) is 2.24. The van der Waals surface area contributed by atoms with Crippen LogP contribution in [0.4, 0.5) is 0 Å². The molecule has 2 rings (SSSR count). The molecule has 2 aromatic rings. The van der Waals surface area contributed by atoms with Gasteiger partial charge in [-0.05, 0) is 24.6 Å². The number of rotatable bonds is 2. The number of nitrogens with one attached hydrogen (secondary N) is 1. The lowest BCUT2D eigenvalue weighted by atomic mass is 10.1. The second-order valence-corrected chi connectivity index (χ2v) is 5.96. The molecule has 0 spiro atoms. The molecule has 0 atom stereocenters. The Morgan fingerprint density at radius 1 is 1.38 bits per heavy atom. The van der Waals surface area contributed by atoms with Crippen molar-refractivity contribution in [2.75, 3.05) is 0 Å². The first-order valence-corrected chi connectivity index (χ1v) is 6.84. The van der Waals surface area contributed by atoms with Crippen molar-refractivity contribution in [3.8, 4) is 11.3 Å². The lowest BCUT2D eigenvalue weighted by Gasteiger charge is -2.01. The van der Waals surface area contributed by atoms with Gasteiger partial charge >= 0.3 is 0 Å². The van der Waals surface area contributed by atoms with E-state index in [9.17, 15) is 8.42 Å². The standard InChI is InChI=1S/C10H9ClN2O2S/c1-7-6-12-13-10(7)8-3-2-4-9(5-8)16(11,14)15/h2-6H,1H3,(H,12,13). The second kappa shape index (κ2) is 3.92. The van der Waals surface area contributed by atoms with Crippen molar-refractivity contribution in [1.82, 2.24) is 10.2 Å². The Kier molecular flexibility index (Phi) is 2.73. The maximum atomic E-state index is 11.2. The molecule has 1 aromatic heterocycles. The van der Waals surface area contributed by atoms with Crippen LogP contribution in [0.15, 0.2) is 35.4 Å². The predicted molar refractivity (Wildman–Crippen MR) is 61.8 cm³/mol. The van der Waals surface area contributed by atoms with Crippen LogP contribution in [-0.4, -0.2) is 18.6 Å². The maximum Gasteiger partial charge on any atom is 0.261 e. The average Bonchev–Trinajstić information content (AvgIpc) is 2.63. The first-order chi connectivity index (χ1) is 7.48. The quantitative estimate of drug-likeness (QED) is 0.839. The van der Waals surface area contributed by atoms with Crippen molar-refractivity contribution in [3.05, 3.63) is 36.0 Å². The first-order valence-electron chi connectivity index (χ1n) is 4.53. The third-order valence-electron chi connectivity index (χ3n) is 2.23. The van der Waals surface area contributed by atoms with Crippen LogP contribution in [-0.2, 0) is 9.05 Å². The fourth-order valence-electron chi connectivity index (χ4n) is 1.44. The molecule has 0 aliphatic heterocycles. The SMILES string of the molecule is Cc1cn[nH]c1-c1cccc(S(=O)(=O)Cl)c1. The summed E-state index contributed by atoms with van der Waals surface area (Å²) in [5, 5.41) is 6.69. The summed E-state index contributed by atoms with van der Waals surface area (Å²) in [6.45, 7) is 1.89. The number of aryl methyl sites for hydroxylation is 1. The van der Waals surface area contributed by atoms with E-state index in [-0.39, 0.29) is 4.90 Å². The Balaban J connectivity index is 2.57. The minimum Gasteiger partial charge on any atom is -0.278 e. The van der Waals surface area contributed by atoms with Crippen LogP contribution in [0.3, 0.4) is 0 Å². The Hall–Kier alpha value is -1.33. The van der Waals surface area contributed by atoms with E-state index in [1.807, 2.05) is 6.92 Å². The van der Waals surface area contributed by atoms with Crippen LogP contribution in [0.5, 0.6) is 0 Å². The molecule has 1 heterocycles. The number of H-pyrrole nitrogens is 1. The highest BCUT2D eigenvalue weighted by atomic mass is 35.7. The highest BCUT2D eigenvalue weighted by molar-refractivity contribution is 8.13. The van der Waals surface area contributed by atoms with Crippen molar-refractivity contribution < 1.29 is 8.42 Å². The topological polar surface area (TPSA) is 62.8 Å². The van der Waals surface area contributed by atoms with Gasteiger partial charge in [0.1, 0.15) is 0 Å². The highest BCUT2D eigenvalue weighted by Gasteiger charge is 2.12. The number of halogens is 1. The summed E-state index contributed by atoms with van der Waals surface area (Å²) in [7, 11) is 1.59. The van der Waals surface area contributed by atoms with Crippen molar-refractivity contribution >= 4 is 19.7 Å². The summed E-state index contributed by atoms with van der Waals surface area (Å²) in [4.78, 5) is 0.0840. The molecule has 6 heteroatoms. The summed E-state index contributed by atoms with van der Waals surface area (Å²) in [6.07, 6.45) is 1.68. The van der Waals surface area contributed by atoms with Gasteiger partial charge in [-0.1, -0.05) is 12.1 Å². The zero-order valence-electron chi connectivity index (χ0n) is 8.44. The molecular formula is C10H9ClN2O2S. The van der Waals surface area contributed by atoms with E-state index < -0.39 is 9.05 Å². The summed E-state index contributed by atoms with van der Waals surface area (Å²) in [6, 6.07) is 6.41. The second-order valence-electron chi connectivity index (χ2n) is 3.39. The average molecular weight is 257 g/mol. The van der Waals surface area contributed by atoms with E-state index >= 15 is 0 Å². The maximum absolute atomic E-state index is 11.2. The van der Waals surface area contributed by atoms with Gasteiger partial charge in [-0.25, -0.2) is 8.42 Å². The van der Waals surface area contributed by atoms with E-state index in [0.717, 1.165) is 16.8 Å². The molecule has 0 fully saturated rings. The Morgan fingerprint density at radius 2 is 2.12 bits per heavy atom. The Bertz CT molecular complexity index is 619. The summed E-state index contributed by atoms with van der Waals surface area (Å²) >= 11 is 0. The van der Waals surface area contributed by atoms with Gasteiger partial charge in [-0.3, -0.25) is 5.10 Å². The number of benzene rings is 1. The fraction of sp³-hybridized carbons (Fsp3) is 0.100. The monoisotopic (exact) mass is 256 g/mol. The van der Waals surface area contributed by atoms with Gasteiger partial charge in [-0.2, -0.15) is 5.10 Å². The van der Waals surface area contributed by atoms with Gasteiger partial charge in [0.25, 0.3) is 9.05 Å². The molecule has 1 N–H and O–H groups in total. The van der Waals surface area contributed by atoms with Gasteiger partial charge in [0, 0.05) is 16.2 Å². The molecule has 84 valence electrons. The van der Waals surface area contributed by atoms with E-state index in [0.29, 0.717) is 0 Å². The van der Waals surface area contributed by atoms with Crippen molar-refractivity contribution in [1.29, 1.82) is 0 Å². The molecule has 0 aliphatic rings. The van der Waals surface area contributed by atoms with Gasteiger partial charge in [-0.15, -0.1) is 0 Å². The minimum atomic E-state index is -3.69. The summed E-state index contributed by atoms with van der Waals surface area (Å²) in [5.74, 6) is 0. The van der Waals surface area contributed by atoms with Gasteiger partial charge < -0.3 is 0 Å². The van der Waals surface area contributed by atoms with Crippen LogP contribution in [0, 0.1) is 6.92 Å². The first kappa shape index (κ1) is 11.2. The molecule has 0 saturated heterocycles. The summed E-state index contributed by atoms with van der Waals surface area (Å²) in [5.41, 5.74) is 2.49. The number of hydrogen-bond acceptors (Lipinski definition) is 3. The number of nitrogens with zero attached hydrogens (tertiary/aromatic N) is 1. The van der Waals surface area contributed by atoms with Crippen molar-refractivity contribution in [3.63, 3.8) is 0 Å². The smallest absolute Gasteiger partial charge is 0.261 e. The molecule has 0 unspecified atom stereocenters. The van der Waals surface area contributed by atoms with Gasteiger partial charge in [0.05, 0.1) is 16.8 Å². The Morgan fingerprint density at radius 3 is 2.69 bits per heavy atom. The molecule has 0 radical (unpaired) electrons. The zero-order chi connectivity index (χ0) is 11.8. The number of aromatic amines is 1. The summed E-state index contributed by atoms with van der Waals surface area (Å²) < 4.78 is 22.4. The molecule has 1 aromatic carbocycles. The molecule has 0 aliphatic carbocycles. The van der Waals surface area contributed by atoms with Crippen LogP contribution >= 0.6 is 10.7 Å². The third-order valence-corrected chi connectivity index (χ3v) is 3.58. The largest absolute Gasteiger partial charge is 0.278 e. The van der Waals surface area contributed by atoms with Gasteiger partial charge in [0.15, 0.2) is 0 Å². The van der Waals surface area contributed by atoms with E-state index in [1.165, 1.54) is 12.1 Å². The molecule has 0 bridgehead atoms. The predicted octanol–water partition coefficient (Wildman–Crippen LogP) is 2.31. The lowest BCUT2D eigenvalue weighted by molar-refractivity contribution is 0.609. The molecular weight excluding hydrogens is 248 g/mol. The van der Waals surface area contributed by atoms with Crippen LogP contribution in [0.25, 0.3) is 11.3 Å². The van der Waals surface area contributed by atoms with Crippen molar-refractivity contribution in [2.45, 2.75) is 11.8 Å². The zero-order valence-corrected chi connectivity index (χ0v) is 10.0. The van der Waals surface area contributed by atoms with E-state index in [2.05, 4.69) is 10.2 Å². The minimum absolute atomic E-state index is 0.0840. The third kappa shape index (κ3) is 2.10. The lowest BCUT2D eigenvalue weighted by Crippen LogP contribution is -1.91. The van der Waals surface area contributed by atoms with E-state index in [4.69, 9.17) is 10.7 Å². The Labute approximate surface area is 97.7 Å². The van der Waals surface area contributed by atoms with E-state index in [1.54, 1.807) is 18.3 Å². The number of hydrogen-bond donors (Lipinski definition) is 1. The molecule has 0 amide bonds. The van der Waals surface area contributed by atoms with Crippen LogP contribution in [0.1, 0.15) is 5.56 Å². The number of aromatic nitrogens is 2. The molecule has 0 saturated carbocycles. The molecule has 16 heavy (non-hydrogen) atoms. The molecule has 4 nitrogen and oxygen atoms in total. The normalized spacial score (nSPS) is 11.6. The van der Waals surface area contributed by atoms with Gasteiger partial charge in [0.2, 0.25) is 0 Å². The highest BCUT2D eigenvalue weighted by Crippen LogP contribution is 2.24. The van der Waals surface area contributed by atoms with Crippen LogP contribution < -0.4 is 0 Å².